The Balaban J connectivity index is 1.87. The van der Waals surface area contributed by atoms with E-state index < -0.39 is 0 Å². The predicted octanol–water partition coefficient (Wildman–Crippen LogP) is 0.662. The number of carbonyl (C=O) groups is 1. The number of carbonyl (C=O) groups excluding carboxylic acids is 1. The van der Waals surface area contributed by atoms with Crippen LogP contribution in [0.15, 0.2) is 6.20 Å². The van der Waals surface area contributed by atoms with Gasteiger partial charge in [-0.3, -0.25) is 14.4 Å². The maximum Gasteiger partial charge on any atom is 0.254 e. The van der Waals surface area contributed by atoms with E-state index in [0.29, 0.717) is 5.56 Å². The third-order valence-corrected chi connectivity index (χ3v) is 3.53. The maximum atomic E-state index is 12.2. The van der Waals surface area contributed by atoms with Crippen LogP contribution in [0.4, 0.5) is 0 Å². The van der Waals surface area contributed by atoms with Crippen LogP contribution < -0.4 is 5.32 Å². The van der Waals surface area contributed by atoms with E-state index in [1.165, 1.54) is 0 Å². The van der Waals surface area contributed by atoms with Gasteiger partial charge in [0.25, 0.3) is 5.91 Å². The van der Waals surface area contributed by atoms with E-state index >= 15 is 0 Å². The molecular formula is C14H24N4O2. The molecule has 6 nitrogen and oxygen atoms in total. The molecule has 1 aliphatic heterocycles. The van der Waals surface area contributed by atoms with Crippen LogP contribution in [-0.4, -0.2) is 59.5 Å². The van der Waals surface area contributed by atoms with Crippen LogP contribution in [0.25, 0.3) is 0 Å². The van der Waals surface area contributed by atoms with Gasteiger partial charge in [0.2, 0.25) is 0 Å². The van der Waals surface area contributed by atoms with Gasteiger partial charge in [-0.15, -0.1) is 0 Å². The summed E-state index contributed by atoms with van der Waals surface area (Å²) in [6.07, 6.45) is 1.81. The Bertz CT molecular complexity index is 452. The van der Waals surface area contributed by atoms with Gasteiger partial charge in [0.1, 0.15) is 0 Å². The van der Waals surface area contributed by atoms with Crippen molar-refractivity contribution in [2.45, 2.75) is 33.4 Å². The Labute approximate surface area is 120 Å². The zero-order valence-electron chi connectivity index (χ0n) is 12.6. The van der Waals surface area contributed by atoms with Crippen molar-refractivity contribution in [2.24, 2.45) is 0 Å². The van der Waals surface area contributed by atoms with Gasteiger partial charge >= 0.3 is 0 Å². The molecule has 0 bridgehead atoms. The fraction of sp³-hybridized carbons (Fsp3) is 0.714. The standard InChI is InChI=1S/C14H24N4O2/c1-4-18-10-13(12(3)16-18)14(19)15-11(2)9-17-5-7-20-8-6-17/h10-11H,4-9H2,1-3H3,(H,15,19). The van der Waals surface area contributed by atoms with Crippen LogP contribution in [0.3, 0.4) is 0 Å². The summed E-state index contributed by atoms with van der Waals surface area (Å²) in [6.45, 7) is 11.0. The van der Waals surface area contributed by atoms with E-state index in [4.69, 9.17) is 4.74 Å². The van der Waals surface area contributed by atoms with E-state index in [2.05, 4.69) is 15.3 Å². The third-order valence-electron chi connectivity index (χ3n) is 3.53. The summed E-state index contributed by atoms with van der Waals surface area (Å²) in [4.78, 5) is 14.6. The van der Waals surface area contributed by atoms with Gasteiger partial charge in [-0.1, -0.05) is 0 Å². The summed E-state index contributed by atoms with van der Waals surface area (Å²) < 4.78 is 7.11. The number of aromatic nitrogens is 2. The molecule has 20 heavy (non-hydrogen) atoms. The molecule has 0 aliphatic carbocycles. The van der Waals surface area contributed by atoms with E-state index in [1.807, 2.05) is 27.0 Å². The lowest BCUT2D eigenvalue weighted by molar-refractivity contribution is 0.0342. The van der Waals surface area contributed by atoms with E-state index in [1.54, 1.807) is 4.68 Å². The number of aryl methyl sites for hydroxylation is 2. The number of amides is 1. The Morgan fingerprint density at radius 3 is 2.80 bits per heavy atom. The quantitative estimate of drug-likeness (QED) is 0.861. The topological polar surface area (TPSA) is 59.4 Å². The fourth-order valence-electron chi connectivity index (χ4n) is 2.42. The summed E-state index contributed by atoms with van der Waals surface area (Å²) in [5.41, 5.74) is 1.45. The Hall–Kier alpha value is -1.40. The van der Waals surface area contributed by atoms with Gasteiger partial charge in [-0.2, -0.15) is 5.10 Å². The Morgan fingerprint density at radius 2 is 2.20 bits per heavy atom. The highest BCUT2D eigenvalue weighted by Crippen LogP contribution is 2.06. The molecule has 1 atom stereocenters. The summed E-state index contributed by atoms with van der Waals surface area (Å²) in [7, 11) is 0. The smallest absolute Gasteiger partial charge is 0.254 e. The molecule has 2 rings (SSSR count). The Kier molecular flexibility index (Phi) is 5.14. The van der Waals surface area contributed by atoms with Crippen molar-refractivity contribution in [3.63, 3.8) is 0 Å². The van der Waals surface area contributed by atoms with Crippen molar-refractivity contribution in [1.82, 2.24) is 20.0 Å². The molecule has 2 heterocycles. The Morgan fingerprint density at radius 1 is 1.50 bits per heavy atom. The van der Waals surface area contributed by atoms with Crippen molar-refractivity contribution < 1.29 is 9.53 Å². The molecule has 0 spiro atoms. The second kappa shape index (κ2) is 6.85. The average molecular weight is 280 g/mol. The van der Waals surface area contributed by atoms with Crippen molar-refractivity contribution in [2.75, 3.05) is 32.8 Å². The fourth-order valence-corrected chi connectivity index (χ4v) is 2.42. The van der Waals surface area contributed by atoms with Crippen molar-refractivity contribution in [3.05, 3.63) is 17.5 Å². The third kappa shape index (κ3) is 3.80. The maximum absolute atomic E-state index is 12.2. The summed E-state index contributed by atoms with van der Waals surface area (Å²) >= 11 is 0. The van der Waals surface area contributed by atoms with E-state index in [-0.39, 0.29) is 11.9 Å². The lowest BCUT2D eigenvalue weighted by Crippen LogP contribution is -2.46. The van der Waals surface area contributed by atoms with Gasteiger partial charge in [-0.25, -0.2) is 0 Å². The second-order valence-corrected chi connectivity index (χ2v) is 5.27. The van der Waals surface area contributed by atoms with Crippen LogP contribution in [0.2, 0.25) is 0 Å². The van der Waals surface area contributed by atoms with Gasteiger partial charge in [-0.05, 0) is 20.8 Å². The number of ether oxygens (including phenoxy) is 1. The molecule has 1 unspecified atom stereocenters. The lowest BCUT2D eigenvalue weighted by Gasteiger charge is -2.29. The van der Waals surface area contributed by atoms with Gasteiger partial charge in [0.05, 0.1) is 24.5 Å². The molecule has 0 saturated carbocycles. The summed E-state index contributed by atoms with van der Waals surface area (Å²) in [6, 6.07) is 0.116. The second-order valence-electron chi connectivity index (χ2n) is 5.27. The van der Waals surface area contributed by atoms with Crippen LogP contribution in [0, 0.1) is 6.92 Å². The molecule has 0 radical (unpaired) electrons. The minimum Gasteiger partial charge on any atom is -0.379 e. The first-order valence-corrected chi connectivity index (χ1v) is 7.25. The monoisotopic (exact) mass is 280 g/mol. The highest BCUT2D eigenvalue weighted by molar-refractivity contribution is 5.95. The molecule has 0 aromatic carbocycles. The van der Waals surface area contributed by atoms with Crippen LogP contribution >= 0.6 is 0 Å². The molecule has 1 aliphatic rings. The van der Waals surface area contributed by atoms with Crippen molar-refractivity contribution in [3.8, 4) is 0 Å². The number of hydrogen-bond acceptors (Lipinski definition) is 4. The highest BCUT2D eigenvalue weighted by Gasteiger charge is 2.18. The first-order chi connectivity index (χ1) is 9.60. The largest absolute Gasteiger partial charge is 0.379 e. The molecule has 1 fully saturated rings. The number of hydrogen-bond donors (Lipinski definition) is 1. The lowest BCUT2D eigenvalue weighted by atomic mass is 10.2. The van der Waals surface area contributed by atoms with Crippen LogP contribution in [-0.2, 0) is 11.3 Å². The molecule has 112 valence electrons. The van der Waals surface area contributed by atoms with Crippen LogP contribution in [0.5, 0.6) is 0 Å². The summed E-state index contributed by atoms with van der Waals surface area (Å²) in [5.74, 6) is -0.0389. The molecule has 1 amide bonds. The van der Waals surface area contributed by atoms with Crippen molar-refractivity contribution >= 4 is 5.91 Å². The molecule has 1 saturated heterocycles. The number of rotatable bonds is 5. The SMILES string of the molecule is CCn1cc(C(=O)NC(C)CN2CCOCC2)c(C)n1. The van der Waals surface area contributed by atoms with Gasteiger partial charge in [0, 0.05) is 38.4 Å². The molecular weight excluding hydrogens is 256 g/mol. The molecule has 1 aromatic heterocycles. The molecule has 1 aromatic rings. The van der Waals surface area contributed by atoms with E-state index in [9.17, 15) is 4.79 Å². The van der Waals surface area contributed by atoms with Crippen LogP contribution in [0.1, 0.15) is 29.9 Å². The average Bonchev–Trinajstić information content (AvgIpc) is 2.81. The minimum absolute atomic E-state index is 0.0389. The normalized spacial score (nSPS) is 17.9. The van der Waals surface area contributed by atoms with Gasteiger partial charge < -0.3 is 10.1 Å². The zero-order valence-corrected chi connectivity index (χ0v) is 12.6. The highest BCUT2D eigenvalue weighted by atomic mass is 16.5. The summed E-state index contributed by atoms with van der Waals surface area (Å²) in [5, 5.41) is 7.35. The first-order valence-electron chi connectivity index (χ1n) is 7.25. The molecule has 6 heteroatoms. The van der Waals surface area contributed by atoms with Gasteiger partial charge in [0.15, 0.2) is 0 Å². The number of nitrogens with zero attached hydrogens (tertiary/aromatic N) is 3. The number of nitrogens with one attached hydrogen (secondary N) is 1. The van der Waals surface area contributed by atoms with Crippen molar-refractivity contribution in [1.29, 1.82) is 0 Å². The van der Waals surface area contributed by atoms with E-state index in [0.717, 1.165) is 45.1 Å². The molecule has 1 N–H and O–H groups in total. The number of morpholine rings is 1. The zero-order chi connectivity index (χ0) is 14.5. The minimum atomic E-state index is -0.0389. The predicted molar refractivity (Wildman–Crippen MR) is 76.8 cm³/mol. The first kappa shape index (κ1) is 15.0.